The minimum atomic E-state index is 0.0174. The van der Waals surface area contributed by atoms with Crippen molar-refractivity contribution in [3.05, 3.63) is 157 Å². The van der Waals surface area contributed by atoms with Crippen molar-refractivity contribution in [3.8, 4) is 22.3 Å². The lowest BCUT2D eigenvalue weighted by Gasteiger charge is -2.47. The lowest BCUT2D eigenvalue weighted by molar-refractivity contribution is 0.823. The van der Waals surface area contributed by atoms with Gasteiger partial charge in [-0.15, -0.1) is 0 Å². The molecule has 0 radical (unpaired) electrons. The molecule has 0 bridgehead atoms. The Bertz CT molecular complexity index is 2090. The van der Waals surface area contributed by atoms with Gasteiger partial charge in [0.2, 0.25) is 0 Å². The summed E-state index contributed by atoms with van der Waals surface area (Å²) in [4.78, 5) is 2.71. The van der Waals surface area contributed by atoms with Gasteiger partial charge < -0.3 is 4.90 Å². The zero-order chi connectivity index (χ0) is 27.4. The van der Waals surface area contributed by atoms with Crippen molar-refractivity contribution in [1.29, 1.82) is 0 Å². The fraction of sp³-hybridized carbons (Fsp3) is 0.0244. The third-order valence-corrected chi connectivity index (χ3v) is 9.61. The van der Waals surface area contributed by atoms with Crippen molar-refractivity contribution in [1.82, 2.24) is 0 Å². The van der Waals surface area contributed by atoms with Crippen molar-refractivity contribution >= 4 is 54.5 Å². The molecule has 1 heteroatoms. The zero-order valence-electron chi connectivity index (χ0n) is 22.9. The number of fused-ring (bicyclic) bond motifs is 19. The van der Waals surface area contributed by atoms with E-state index in [4.69, 9.17) is 0 Å². The van der Waals surface area contributed by atoms with Gasteiger partial charge in [-0.2, -0.15) is 0 Å². The van der Waals surface area contributed by atoms with Gasteiger partial charge in [-0.05, 0) is 54.6 Å². The highest BCUT2D eigenvalue weighted by Gasteiger charge is 2.42. The molecule has 8 aromatic carbocycles. The van der Waals surface area contributed by atoms with Crippen LogP contribution in [0, 0.1) is 0 Å². The van der Waals surface area contributed by atoms with Crippen LogP contribution in [-0.2, 0) is 0 Å². The van der Waals surface area contributed by atoms with Gasteiger partial charge in [0.1, 0.15) is 0 Å². The standard InChI is InChI=1S/C41H25N/c1-5-13-29-25(9-1)17-21-33-35-23-19-27-11-3-7-15-31(27)39(35)42-40-32-16-8-4-12-28(32)20-24-36(40)34-22-18-26-10-2-6-14-30(26)38(34)41(42)37(29)33/h1-24,41H. The van der Waals surface area contributed by atoms with Crippen LogP contribution in [0.15, 0.2) is 146 Å². The second-order valence-corrected chi connectivity index (χ2v) is 11.6. The normalized spacial score (nSPS) is 13.6. The largest absolute Gasteiger partial charge is 0.328 e. The molecule has 0 N–H and O–H groups in total. The maximum Gasteiger partial charge on any atom is 0.0869 e. The second-order valence-electron chi connectivity index (χ2n) is 11.6. The van der Waals surface area contributed by atoms with Gasteiger partial charge in [0.15, 0.2) is 0 Å². The highest BCUT2D eigenvalue weighted by molar-refractivity contribution is 6.16. The van der Waals surface area contributed by atoms with Crippen LogP contribution >= 0.6 is 0 Å². The summed E-state index contributed by atoms with van der Waals surface area (Å²) in [5, 5.41) is 10.3. The molecule has 1 nitrogen and oxygen atoms in total. The minimum Gasteiger partial charge on any atom is -0.328 e. The molecule has 0 amide bonds. The first-order chi connectivity index (χ1) is 20.9. The van der Waals surface area contributed by atoms with E-state index >= 15 is 0 Å². The monoisotopic (exact) mass is 531 g/mol. The summed E-state index contributed by atoms with van der Waals surface area (Å²) in [5.41, 5.74) is 10.7. The van der Waals surface area contributed by atoms with Crippen LogP contribution in [0.25, 0.3) is 65.3 Å². The Balaban J connectivity index is 1.49. The highest BCUT2D eigenvalue weighted by Crippen LogP contribution is 2.61. The third kappa shape index (κ3) is 2.78. The number of hydrogen-bond donors (Lipinski definition) is 0. The van der Waals surface area contributed by atoms with Crippen molar-refractivity contribution < 1.29 is 0 Å². The van der Waals surface area contributed by atoms with Gasteiger partial charge in [0.05, 0.1) is 17.4 Å². The van der Waals surface area contributed by atoms with Crippen LogP contribution in [0.5, 0.6) is 0 Å². The van der Waals surface area contributed by atoms with Crippen LogP contribution < -0.4 is 4.90 Å². The quantitative estimate of drug-likeness (QED) is 0.188. The molecule has 0 saturated carbocycles. The van der Waals surface area contributed by atoms with Crippen LogP contribution in [0.4, 0.5) is 11.4 Å². The van der Waals surface area contributed by atoms with E-state index in [9.17, 15) is 0 Å². The van der Waals surface area contributed by atoms with Gasteiger partial charge in [0, 0.05) is 21.9 Å². The summed E-state index contributed by atoms with van der Waals surface area (Å²) >= 11 is 0. The molecule has 0 atom stereocenters. The van der Waals surface area contributed by atoms with E-state index in [1.54, 1.807) is 0 Å². The second kappa shape index (κ2) is 8.09. The summed E-state index contributed by atoms with van der Waals surface area (Å²) < 4.78 is 0. The molecule has 10 rings (SSSR count). The number of benzene rings is 8. The molecule has 8 aromatic rings. The van der Waals surface area contributed by atoms with E-state index in [1.807, 2.05) is 0 Å². The third-order valence-electron chi connectivity index (χ3n) is 9.61. The van der Waals surface area contributed by atoms with Gasteiger partial charge in [-0.1, -0.05) is 146 Å². The zero-order valence-corrected chi connectivity index (χ0v) is 22.9. The Kier molecular flexibility index (Phi) is 4.29. The van der Waals surface area contributed by atoms with E-state index in [1.165, 1.54) is 87.8 Å². The van der Waals surface area contributed by atoms with Gasteiger partial charge >= 0.3 is 0 Å². The Morgan fingerprint density at radius 3 is 1.07 bits per heavy atom. The van der Waals surface area contributed by atoms with E-state index in [-0.39, 0.29) is 6.04 Å². The molecular formula is C41H25N. The summed E-state index contributed by atoms with van der Waals surface area (Å²) in [6, 6.07) is 54.3. The minimum absolute atomic E-state index is 0.0174. The Hall–Kier alpha value is -5.40. The maximum atomic E-state index is 2.71. The highest BCUT2D eigenvalue weighted by atomic mass is 15.2. The van der Waals surface area contributed by atoms with Crippen LogP contribution in [0.2, 0.25) is 0 Å². The van der Waals surface area contributed by atoms with Gasteiger partial charge in [-0.25, -0.2) is 0 Å². The van der Waals surface area contributed by atoms with Crippen molar-refractivity contribution in [2.75, 3.05) is 4.90 Å². The number of nitrogens with zero attached hydrogens (tertiary/aromatic N) is 1. The number of hydrogen-bond acceptors (Lipinski definition) is 1. The summed E-state index contributed by atoms with van der Waals surface area (Å²) in [6.07, 6.45) is 0. The molecule has 194 valence electrons. The molecule has 0 aromatic heterocycles. The maximum absolute atomic E-state index is 2.71. The fourth-order valence-electron chi connectivity index (χ4n) is 7.89. The Labute approximate surface area is 243 Å². The smallest absolute Gasteiger partial charge is 0.0869 e. The van der Waals surface area contributed by atoms with Crippen molar-refractivity contribution in [2.24, 2.45) is 0 Å². The van der Waals surface area contributed by atoms with Gasteiger partial charge in [0.25, 0.3) is 0 Å². The topological polar surface area (TPSA) is 3.24 Å². The van der Waals surface area contributed by atoms with Crippen molar-refractivity contribution in [2.45, 2.75) is 6.04 Å². The Morgan fingerprint density at radius 2 is 0.643 bits per heavy atom. The molecule has 0 fully saturated rings. The van der Waals surface area contributed by atoms with Crippen molar-refractivity contribution in [3.63, 3.8) is 0 Å². The average molecular weight is 532 g/mol. The van der Waals surface area contributed by atoms with Crippen LogP contribution in [0.1, 0.15) is 17.2 Å². The average Bonchev–Trinajstić information content (AvgIpc) is 3.06. The molecule has 0 unspecified atom stereocenters. The fourth-order valence-corrected chi connectivity index (χ4v) is 7.89. The molecule has 0 spiro atoms. The van der Waals surface area contributed by atoms with Crippen LogP contribution in [-0.4, -0.2) is 0 Å². The molecule has 0 aliphatic carbocycles. The van der Waals surface area contributed by atoms with Crippen LogP contribution in [0.3, 0.4) is 0 Å². The van der Waals surface area contributed by atoms with E-state index in [0.29, 0.717) is 0 Å². The van der Waals surface area contributed by atoms with E-state index in [2.05, 4.69) is 150 Å². The molecule has 0 saturated heterocycles. The summed E-state index contributed by atoms with van der Waals surface area (Å²) in [7, 11) is 0. The first-order valence-corrected chi connectivity index (χ1v) is 14.7. The van der Waals surface area contributed by atoms with E-state index in [0.717, 1.165) is 0 Å². The molecule has 2 aliphatic heterocycles. The number of rotatable bonds is 0. The molecular weight excluding hydrogens is 506 g/mol. The van der Waals surface area contributed by atoms with Gasteiger partial charge in [-0.3, -0.25) is 0 Å². The first-order valence-electron chi connectivity index (χ1n) is 14.7. The molecule has 2 heterocycles. The lowest BCUT2D eigenvalue weighted by atomic mass is 9.74. The first kappa shape index (κ1) is 22.3. The number of anilines is 2. The lowest BCUT2D eigenvalue weighted by Crippen LogP contribution is -2.33. The molecule has 42 heavy (non-hydrogen) atoms. The summed E-state index contributed by atoms with van der Waals surface area (Å²) in [5.74, 6) is 0. The molecule has 2 aliphatic rings. The SMILES string of the molecule is c1ccc2c3c(ccc2c1)-c1ccc2ccccc2c1N1c2c(ccc4ccccc24)-c2ccc4ccccc4c2C31. The Morgan fingerprint density at radius 1 is 0.310 bits per heavy atom. The predicted octanol–water partition coefficient (Wildman–Crippen LogP) is 11.2. The summed E-state index contributed by atoms with van der Waals surface area (Å²) in [6.45, 7) is 0. The predicted molar refractivity (Wildman–Crippen MR) is 178 cm³/mol. The van der Waals surface area contributed by atoms with E-state index < -0.39 is 0 Å².